The Morgan fingerprint density at radius 1 is 1.06 bits per heavy atom. The summed E-state index contributed by atoms with van der Waals surface area (Å²) in [5.41, 5.74) is 4.12. The van der Waals surface area contributed by atoms with Crippen molar-refractivity contribution in [3.05, 3.63) is 86.9 Å². The van der Waals surface area contributed by atoms with Crippen molar-refractivity contribution >= 4 is 32.5 Å². The number of fused-ring (bicyclic) bond motifs is 4. The third-order valence-corrected chi connectivity index (χ3v) is 7.32. The number of nitrogens with one attached hydrogen (secondary N) is 1. The van der Waals surface area contributed by atoms with Crippen LogP contribution < -0.4 is 5.56 Å². The van der Waals surface area contributed by atoms with Crippen LogP contribution in [0.3, 0.4) is 0 Å². The molecule has 31 heavy (non-hydrogen) atoms. The van der Waals surface area contributed by atoms with Gasteiger partial charge in [-0.3, -0.25) is 4.79 Å². The number of H-pyrrole nitrogens is 1. The van der Waals surface area contributed by atoms with Gasteiger partial charge in [-0.15, -0.1) is 11.3 Å². The van der Waals surface area contributed by atoms with Gasteiger partial charge in [0.05, 0.1) is 5.39 Å². The van der Waals surface area contributed by atoms with Gasteiger partial charge in [-0.1, -0.05) is 30.3 Å². The van der Waals surface area contributed by atoms with Gasteiger partial charge in [0.1, 0.15) is 16.5 Å². The van der Waals surface area contributed by atoms with E-state index in [0.29, 0.717) is 12.4 Å². The van der Waals surface area contributed by atoms with Crippen molar-refractivity contribution < 1.29 is 4.39 Å². The Hall–Kier alpha value is -3.25. The largest absolute Gasteiger partial charge is 0.342 e. The van der Waals surface area contributed by atoms with E-state index in [0.717, 1.165) is 51.5 Å². The number of para-hydroxylation sites is 1. The summed E-state index contributed by atoms with van der Waals surface area (Å²) >= 11 is 1.67. The second-order valence-corrected chi connectivity index (χ2v) is 9.20. The predicted octanol–water partition coefficient (Wildman–Crippen LogP) is 5.67. The highest BCUT2D eigenvalue weighted by Crippen LogP contribution is 2.35. The van der Waals surface area contributed by atoms with Gasteiger partial charge < -0.3 is 9.55 Å². The van der Waals surface area contributed by atoms with Gasteiger partial charge in [-0.2, -0.15) is 0 Å². The fourth-order valence-corrected chi connectivity index (χ4v) is 5.91. The van der Waals surface area contributed by atoms with Crippen LogP contribution in [-0.2, 0) is 19.4 Å². The lowest BCUT2D eigenvalue weighted by Crippen LogP contribution is -2.11. The summed E-state index contributed by atoms with van der Waals surface area (Å²) in [7, 11) is 0. The highest BCUT2D eigenvalue weighted by Gasteiger charge is 2.21. The number of benzene rings is 2. The third-order valence-electron chi connectivity index (χ3n) is 6.13. The zero-order valence-corrected chi connectivity index (χ0v) is 17.6. The molecule has 1 aliphatic carbocycles. The number of aromatic amines is 1. The molecule has 5 aromatic rings. The van der Waals surface area contributed by atoms with Crippen LogP contribution >= 0.6 is 11.3 Å². The second-order valence-electron chi connectivity index (χ2n) is 8.12. The molecule has 6 rings (SSSR count). The van der Waals surface area contributed by atoms with Gasteiger partial charge in [-0.05, 0) is 55.0 Å². The van der Waals surface area contributed by atoms with Crippen molar-refractivity contribution in [3.8, 4) is 11.4 Å². The summed E-state index contributed by atoms with van der Waals surface area (Å²) < 4.78 is 15.4. The molecule has 3 heterocycles. The van der Waals surface area contributed by atoms with E-state index in [1.807, 2.05) is 18.3 Å². The third kappa shape index (κ3) is 3.10. The molecule has 0 spiro atoms. The van der Waals surface area contributed by atoms with Crippen molar-refractivity contribution in [2.75, 3.05) is 0 Å². The first-order valence-electron chi connectivity index (χ1n) is 10.5. The smallest absolute Gasteiger partial charge is 0.260 e. The zero-order chi connectivity index (χ0) is 20.9. The van der Waals surface area contributed by atoms with E-state index < -0.39 is 0 Å². The Labute approximate surface area is 182 Å². The highest BCUT2D eigenvalue weighted by molar-refractivity contribution is 7.18. The van der Waals surface area contributed by atoms with E-state index in [9.17, 15) is 9.18 Å². The number of nitrogens with zero attached hydrogens (tertiary/aromatic N) is 2. The molecule has 4 nitrogen and oxygen atoms in total. The van der Waals surface area contributed by atoms with Crippen LogP contribution in [-0.4, -0.2) is 14.5 Å². The molecule has 0 atom stereocenters. The van der Waals surface area contributed by atoms with E-state index >= 15 is 0 Å². The number of thiophene rings is 1. The average Bonchev–Trinajstić information content (AvgIpc) is 3.34. The first kappa shape index (κ1) is 18.5. The van der Waals surface area contributed by atoms with Gasteiger partial charge in [0.25, 0.3) is 5.56 Å². The van der Waals surface area contributed by atoms with E-state index in [2.05, 4.69) is 21.7 Å². The first-order chi connectivity index (χ1) is 15.2. The molecule has 6 heteroatoms. The van der Waals surface area contributed by atoms with Crippen molar-refractivity contribution in [3.63, 3.8) is 0 Å². The minimum atomic E-state index is -0.240. The number of hydrogen-bond acceptors (Lipinski definition) is 3. The molecular weight excluding hydrogens is 409 g/mol. The topological polar surface area (TPSA) is 50.7 Å². The molecular formula is C25H20FN3OS. The molecule has 0 saturated carbocycles. The predicted molar refractivity (Wildman–Crippen MR) is 123 cm³/mol. The van der Waals surface area contributed by atoms with Crippen molar-refractivity contribution in [2.24, 2.45) is 0 Å². The standard InChI is InChI=1S/C25H20FN3OS/c26-16-11-9-15(10-12-16)13-29-14-19(17-5-1-3-7-20(17)29)23-27-24(30)22-18-6-2-4-8-21(18)31-25(22)28-23/h1,3,5,7,9-12,14H,2,4,6,8,13H2,(H,27,28,30). The Morgan fingerprint density at radius 2 is 1.87 bits per heavy atom. The lowest BCUT2D eigenvalue weighted by molar-refractivity contribution is 0.626. The van der Waals surface area contributed by atoms with Crippen molar-refractivity contribution in [1.29, 1.82) is 0 Å². The Bertz CT molecular complexity index is 1490. The highest BCUT2D eigenvalue weighted by atomic mass is 32.1. The van der Waals surface area contributed by atoms with E-state index in [-0.39, 0.29) is 11.4 Å². The maximum atomic E-state index is 13.3. The summed E-state index contributed by atoms with van der Waals surface area (Å²) in [6.07, 6.45) is 6.36. The van der Waals surface area contributed by atoms with Crippen molar-refractivity contribution in [2.45, 2.75) is 32.2 Å². The monoisotopic (exact) mass is 429 g/mol. The minimum Gasteiger partial charge on any atom is -0.342 e. The van der Waals surface area contributed by atoms with Gasteiger partial charge in [0, 0.05) is 34.1 Å². The zero-order valence-electron chi connectivity index (χ0n) is 16.8. The van der Waals surface area contributed by atoms with Crippen LogP contribution in [0, 0.1) is 5.82 Å². The van der Waals surface area contributed by atoms with Crippen molar-refractivity contribution in [1.82, 2.24) is 14.5 Å². The molecule has 0 fully saturated rings. The maximum absolute atomic E-state index is 13.3. The number of aryl methyl sites for hydroxylation is 2. The number of hydrogen-bond donors (Lipinski definition) is 1. The molecule has 154 valence electrons. The van der Waals surface area contributed by atoms with Crippen LogP contribution in [0.2, 0.25) is 0 Å². The van der Waals surface area contributed by atoms with Crippen LogP contribution in [0.5, 0.6) is 0 Å². The lowest BCUT2D eigenvalue weighted by atomic mass is 9.97. The minimum absolute atomic E-state index is 0.0465. The summed E-state index contributed by atoms with van der Waals surface area (Å²) in [6, 6.07) is 14.7. The van der Waals surface area contributed by atoms with Gasteiger partial charge in [-0.25, -0.2) is 9.37 Å². The van der Waals surface area contributed by atoms with Gasteiger partial charge in [0.15, 0.2) is 0 Å². The lowest BCUT2D eigenvalue weighted by Gasteiger charge is -2.09. The Balaban J connectivity index is 1.51. The first-order valence-corrected chi connectivity index (χ1v) is 11.4. The fourth-order valence-electron chi connectivity index (χ4n) is 4.64. The summed E-state index contributed by atoms with van der Waals surface area (Å²) in [6.45, 7) is 0.612. The maximum Gasteiger partial charge on any atom is 0.260 e. The van der Waals surface area contributed by atoms with E-state index in [1.54, 1.807) is 23.5 Å². The number of rotatable bonds is 3. The fraction of sp³-hybridized carbons (Fsp3) is 0.200. The number of aromatic nitrogens is 3. The SMILES string of the molecule is O=c1[nH]c(-c2cn(Cc3ccc(F)cc3)c3ccccc23)nc2sc3c(c12)CCCC3. The molecule has 3 aromatic heterocycles. The molecule has 0 radical (unpaired) electrons. The Kier molecular flexibility index (Phi) is 4.28. The molecule has 2 aromatic carbocycles. The normalized spacial score (nSPS) is 13.7. The van der Waals surface area contributed by atoms with Crippen LogP contribution in [0.25, 0.3) is 32.5 Å². The average molecular weight is 430 g/mol. The molecule has 0 amide bonds. The van der Waals surface area contributed by atoms with Crippen LogP contribution in [0.15, 0.2) is 59.5 Å². The van der Waals surface area contributed by atoms with Gasteiger partial charge >= 0.3 is 0 Å². The quantitative estimate of drug-likeness (QED) is 0.402. The van der Waals surface area contributed by atoms with E-state index in [4.69, 9.17) is 4.98 Å². The molecule has 1 aliphatic rings. The molecule has 1 N–H and O–H groups in total. The molecule has 0 saturated heterocycles. The Morgan fingerprint density at radius 3 is 2.74 bits per heavy atom. The van der Waals surface area contributed by atoms with Crippen LogP contribution in [0.1, 0.15) is 28.8 Å². The van der Waals surface area contributed by atoms with Gasteiger partial charge in [0.2, 0.25) is 0 Å². The second kappa shape index (κ2) is 7.17. The number of halogens is 1. The summed E-state index contributed by atoms with van der Waals surface area (Å²) in [5, 5.41) is 1.81. The molecule has 0 unspecified atom stereocenters. The van der Waals surface area contributed by atoms with E-state index in [1.165, 1.54) is 29.0 Å². The summed E-state index contributed by atoms with van der Waals surface area (Å²) in [5.74, 6) is 0.362. The molecule has 0 bridgehead atoms. The van der Waals surface area contributed by atoms with Crippen LogP contribution in [0.4, 0.5) is 4.39 Å². The molecule has 0 aliphatic heterocycles. The summed E-state index contributed by atoms with van der Waals surface area (Å²) in [4.78, 5) is 23.1.